The molecule has 1 heterocycles. The van der Waals surface area contributed by atoms with Crippen LogP contribution in [0.2, 0.25) is 5.02 Å². The maximum atomic E-state index is 13.1. The fraction of sp³-hybridized carbons (Fsp3) is 0.500. The molecule has 1 atom stereocenters. The summed E-state index contributed by atoms with van der Waals surface area (Å²) in [4.78, 5) is -0.214. The Morgan fingerprint density at radius 3 is 2.95 bits per heavy atom. The summed E-state index contributed by atoms with van der Waals surface area (Å²) in [5.74, 6) is -0.623. The highest BCUT2D eigenvalue weighted by molar-refractivity contribution is 7.89. The minimum Gasteiger partial charge on any atom is -0.314 e. The van der Waals surface area contributed by atoms with Gasteiger partial charge in [-0.05, 0) is 44.0 Å². The third-order valence-corrected chi connectivity index (χ3v) is 5.07. The second-order valence-electron chi connectivity index (χ2n) is 4.55. The predicted molar refractivity (Wildman–Crippen MR) is 72.2 cm³/mol. The Balaban J connectivity index is 1.99. The van der Waals surface area contributed by atoms with Crippen LogP contribution in [-0.4, -0.2) is 27.5 Å². The van der Waals surface area contributed by atoms with Gasteiger partial charge in [-0.1, -0.05) is 11.6 Å². The Morgan fingerprint density at radius 2 is 2.26 bits per heavy atom. The van der Waals surface area contributed by atoms with Crippen LogP contribution in [-0.2, 0) is 10.0 Å². The highest BCUT2D eigenvalue weighted by Gasteiger charge is 2.20. The minimum absolute atomic E-state index is 0.0212. The lowest BCUT2D eigenvalue weighted by molar-refractivity contribution is 0.538. The van der Waals surface area contributed by atoms with Gasteiger partial charge >= 0.3 is 0 Å². The molecule has 0 unspecified atom stereocenters. The molecule has 1 saturated heterocycles. The molecule has 4 nitrogen and oxygen atoms in total. The summed E-state index contributed by atoms with van der Waals surface area (Å²) in [6.07, 6.45) is 2.89. The van der Waals surface area contributed by atoms with Crippen molar-refractivity contribution in [1.29, 1.82) is 0 Å². The zero-order valence-electron chi connectivity index (χ0n) is 10.3. The largest absolute Gasteiger partial charge is 0.314 e. The molecule has 0 spiro atoms. The van der Waals surface area contributed by atoms with Crippen LogP contribution in [0.15, 0.2) is 23.1 Å². The lowest BCUT2D eigenvalue weighted by atomic mass is 10.2. The zero-order chi connectivity index (χ0) is 13.9. The first kappa shape index (κ1) is 14.7. The van der Waals surface area contributed by atoms with Crippen LogP contribution in [0, 0.1) is 5.82 Å². The summed E-state index contributed by atoms with van der Waals surface area (Å²) in [6.45, 7) is 1.29. The van der Waals surface area contributed by atoms with E-state index in [-0.39, 0.29) is 9.92 Å². The van der Waals surface area contributed by atoms with E-state index in [9.17, 15) is 12.8 Å². The van der Waals surface area contributed by atoms with Crippen LogP contribution in [0.25, 0.3) is 0 Å². The minimum atomic E-state index is -3.75. The number of nitrogens with one attached hydrogen (secondary N) is 2. The van der Waals surface area contributed by atoms with Gasteiger partial charge in [0.1, 0.15) is 10.7 Å². The zero-order valence-corrected chi connectivity index (χ0v) is 11.9. The third kappa shape index (κ3) is 3.89. The van der Waals surface area contributed by atoms with Crippen molar-refractivity contribution in [2.75, 3.05) is 13.1 Å². The number of hydrogen-bond donors (Lipinski definition) is 2. The van der Waals surface area contributed by atoms with Gasteiger partial charge < -0.3 is 5.32 Å². The van der Waals surface area contributed by atoms with Crippen molar-refractivity contribution in [3.8, 4) is 0 Å². The van der Waals surface area contributed by atoms with E-state index in [2.05, 4.69) is 10.0 Å². The topological polar surface area (TPSA) is 58.2 Å². The molecule has 1 aromatic rings. The van der Waals surface area contributed by atoms with E-state index < -0.39 is 15.8 Å². The fourth-order valence-corrected chi connectivity index (χ4v) is 3.69. The summed E-state index contributed by atoms with van der Waals surface area (Å²) >= 11 is 5.79. The van der Waals surface area contributed by atoms with E-state index in [0.29, 0.717) is 19.0 Å². The molecule has 1 fully saturated rings. The van der Waals surface area contributed by atoms with Gasteiger partial charge in [0.05, 0.1) is 5.02 Å². The Bertz CT molecular complexity index is 545. The quantitative estimate of drug-likeness (QED) is 0.873. The number of benzene rings is 1. The molecule has 1 aromatic carbocycles. The summed E-state index contributed by atoms with van der Waals surface area (Å²) in [7, 11) is -3.75. The van der Waals surface area contributed by atoms with E-state index in [1.165, 1.54) is 6.07 Å². The Labute approximate surface area is 117 Å². The first-order valence-electron chi connectivity index (χ1n) is 6.17. The van der Waals surface area contributed by atoms with Crippen molar-refractivity contribution in [2.24, 2.45) is 0 Å². The lowest BCUT2D eigenvalue weighted by Crippen LogP contribution is -2.30. The van der Waals surface area contributed by atoms with Crippen LogP contribution in [0.1, 0.15) is 19.3 Å². The first-order chi connectivity index (χ1) is 8.99. The van der Waals surface area contributed by atoms with E-state index >= 15 is 0 Å². The Morgan fingerprint density at radius 1 is 1.47 bits per heavy atom. The number of sulfonamides is 1. The summed E-state index contributed by atoms with van der Waals surface area (Å²) in [6, 6.07) is 3.65. The number of rotatable bonds is 5. The van der Waals surface area contributed by atoms with Gasteiger partial charge in [-0.3, -0.25) is 0 Å². The molecule has 2 rings (SSSR count). The van der Waals surface area contributed by atoms with E-state index in [4.69, 9.17) is 11.6 Å². The molecule has 0 bridgehead atoms. The van der Waals surface area contributed by atoms with Crippen molar-refractivity contribution in [3.63, 3.8) is 0 Å². The molecule has 106 valence electrons. The first-order valence-corrected chi connectivity index (χ1v) is 8.03. The monoisotopic (exact) mass is 306 g/mol. The molecule has 0 aromatic heterocycles. The predicted octanol–water partition coefficient (Wildman–Crippen LogP) is 1.90. The molecule has 0 saturated carbocycles. The molecule has 0 amide bonds. The van der Waals surface area contributed by atoms with Gasteiger partial charge in [0.2, 0.25) is 10.0 Å². The van der Waals surface area contributed by atoms with Crippen molar-refractivity contribution in [2.45, 2.75) is 30.2 Å². The van der Waals surface area contributed by atoms with Crippen LogP contribution in [0.5, 0.6) is 0 Å². The van der Waals surface area contributed by atoms with E-state index in [0.717, 1.165) is 31.5 Å². The lowest BCUT2D eigenvalue weighted by Gasteiger charge is -2.12. The molecule has 0 radical (unpaired) electrons. The second-order valence-corrected chi connectivity index (χ2v) is 6.70. The molecule has 19 heavy (non-hydrogen) atoms. The number of halogens is 2. The van der Waals surface area contributed by atoms with Crippen molar-refractivity contribution >= 4 is 21.6 Å². The van der Waals surface area contributed by atoms with E-state index in [1.54, 1.807) is 0 Å². The summed E-state index contributed by atoms with van der Waals surface area (Å²) < 4.78 is 39.5. The standard InChI is InChI=1S/C12H16ClFN2O2S/c13-11-4-3-9(14)8-12(11)19(17,18)16-7-5-10-2-1-6-15-10/h3-4,8,10,15-16H,1-2,5-7H2/t10-/m0/s1. The summed E-state index contributed by atoms with van der Waals surface area (Å²) in [5.41, 5.74) is 0. The fourth-order valence-electron chi connectivity index (χ4n) is 2.13. The van der Waals surface area contributed by atoms with Crippen LogP contribution in [0.3, 0.4) is 0 Å². The van der Waals surface area contributed by atoms with Gasteiger partial charge in [-0.15, -0.1) is 0 Å². The molecule has 1 aliphatic rings. The number of hydrogen-bond acceptors (Lipinski definition) is 3. The molecule has 2 N–H and O–H groups in total. The Hall–Kier alpha value is -0.690. The van der Waals surface area contributed by atoms with Gasteiger partial charge in [-0.25, -0.2) is 17.5 Å². The molecule has 7 heteroatoms. The van der Waals surface area contributed by atoms with Gasteiger partial charge in [0, 0.05) is 12.6 Å². The average molecular weight is 307 g/mol. The van der Waals surface area contributed by atoms with Crippen molar-refractivity contribution in [3.05, 3.63) is 29.0 Å². The Kier molecular flexibility index (Phi) is 4.78. The van der Waals surface area contributed by atoms with Gasteiger partial charge in [0.25, 0.3) is 0 Å². The van der Waals surface area contributed by atoms with E-state index in [1.807, 2.05) is 0 Å². The maximum Gasteiger partial charge on any atom is 0.242 e. The van der Waals surface area contributed by atoms with Crippen LogP contribution >= 0.6 is 11.6 Å². The third-order valence-electron chi connectivity index (χ3n) is 3.13. The summed E-state index contributed by atoms with van der Waals surface area (Å²) in [5, 5.41) is 3.30. The average Bonchev–Trinajstić information content (AvgIpc) is 2.85. The highest BCUT2D eigenvalue weighted by atomic mass is 35.5. The molecular formula is C12H16ClFN2O2S. The second kappa shape index (κ2) is 6.17. The smallest absolute Gasteiger partial charge is 0.242 e. The van der Waals surface area contributed by atoms with Gasteiger partial charge in [0.15, 0.2) is 0 Å². The molecular weight excluding hydrogens is 291 g/mol. The normalized spacial score (nSPS) is 19.8. The molecule has 1 aliphatic heterocycles. The van der Waals surface area contributed by atoms with Crippen molar-refractivity contribution < 1.29 is 12.8 Å². The highest BCUT2D eigenvalue weighted by Crippen LogP contribution is 2.22. The van der Waals surface area contributed by atoms with Gasteiger partial charge in [-0.2, -0.15) is 0 Å². The maximum absolute atomic E-state index is 13.1. The van der Waals surface area contributed by atoms with Crippen LogP contribution < -0.4 is 10.0 Å². The molecule has 0 aliphatic carbocycles. The SMILES string of the molecule is O=S(=O)(NCC[C@@H]1CCCN1)c1cc(F)ccc1Cl. The van der Waals surface area contributed by atoms with Crippen molar-refractivity contribution in [1.82, 2.24) is 10.0 Å². The van der Waals surface area contributed by atoms with Crippen LogP contribution in [0.4, 0.5) is 4.39 Å².